The van der Waals surface area contributed by atoms with Gasteiger partial charge in [-0.15, -0.1) is 0 Å². The summed E-state index contributed by atoms with van der Waals surface area (Å²) in [5.41, 5.74) is 7.52. The van der Waals surface area contributed by atoms with Crippen molar-refractivity contribution in [2.45, 2.75) is 31.2 Å². The number of rotatable bonds is 4. The number of hydrogen-bond acceptors (Lipinski definition) is 2. The molecule has 0 saturated heterocycles. The number of carboxylic acid groups (broad SMARTS) is 1. The fraction of sp³-hybridized carbons (Fsp3) is 0.417. The zero-order valence-electron chi connectivity index (χ0n) is 8.82. The van der Waals surface area contributed by atoms with Crippen LogP contribution in [0.5, 0.6) is 0 Å². The minimum absolute atomic E-state index is 0.319. The van der Waals surface area contributed by atoms with E-state index in [-0.39, 0.29) is 0 Å². The third-order valence-corrected chi connectivity index (χ3v) is 3.18. The lowest BCUT2D eigenvalue weighted by Crippen LogP contribution is -2.32. The van der Waals surface area contributed by atoms with Crippen molar-refractivity contribution >= 4 is 17.6 Å². The molecule has 1 saturated carbocycles. The van der Waals surface area contributed by atoms with Gasteiger partial charge in [0, 0.05) is 5.02 Å². The topological polar surface area (TPSA) is 63.3 Å². The maximum absolute atomic E-state index is 10.6. The zero-order chi connectivity index (χ0) is 11.7. The number of aliphatic carboxylic acids is 1. The molecule has 0 aromatic heterocycles. The fourth-order valence-corrected chi connectivity index (χ4v) is 2.12. The predicted molar refractivity (Wildman–Crippen MR) is 62.7 cm³/mol. The molecule has 1 aromatic rings. The molecule has 1 atom stereocenters. The predicted octanol–water partition coefficient (Wildman–Crippen LogP) is 2.17. The summed E-state index contributed by atoms with van der Waals surface area (Å²) in [6.07, 6.45) is 2.72. The van der Waals surface area contributed by atoms with Gasteiger partial charge in [-0.1, -0.05) is 23.7 Å². The zero-order valence-corrected chi connectivity index (χ0v) is 9.57. The number of hydrogen-bond donors (Lipinski definition) is 2. The highest BCUT2D eigenvalue weighted by Gasteiger charge is 2.25. The van der Waals surface area contributed by atoms with Gasteiger partial charge in [0.15, 0.2) is 0 Å². The second-order valence-electron chi connectivity index (χ2n) is 4.28. The number of benzene rings is 1. The van der Waals surface area contributed by atoms with Crippen LogP contribution >= 0.6 is 11.6 Å². The number of carbonyl (C=O) groups is 1. The molecule has 0 aliphatic heterocycles. The molecule has 0 radical (unpaired) electrons. The van der Waals surface area contributed by atoms with Gasteiger partial charge in [0.05, 0.1) is 0 Å². The van der Waals surface area contributed by atoms with Crippen molar-refractivity contribution < 1.29 is 9.90 Å². The minimum Gasteiger partial charge on any atom is -0.480 e. The fourth-order valence-electron chi connectivity index (χ4n) is 1.76. The number of carboxylic acids is 1. The van der Waals surface area contributed by atoms with E-state index in [1.807, 2.05) is 18.2 Å². The molecule has 1 unspecified atom stereocenters. The lowest BCUT2D eigenvalue weighted by Gasteiger charge is -2.09. The Morgan fingerprint density at radius 3 is 2.75 bits per heavy atom. The largest absolute Gasteiger partial charge is 0.480 e. The van der Waals surface area contributed by atoms with E-state index in [0.717, 1.165) is 10.6 Å². The summed E-state index contributed by atoms with van der Waals surface area (Å²) in [6.45, 7) is 0. The minimum atomic E-state index is -0.984. The summed E-state index contributed by atoms with van der Waals surface area (Å²) in [5, 5.41) is 9.44. The van der Waals surface area contributed by atoms with Gasteiger partial charge in [0.1, 0.15) is 6.04 Å². The molecule has 2 rings (SSSR count). The van der Waals surface area contributed by atoms with Crippen LogP contribution in [0.3, 0.4) is 0 Å². The lowest BCUT2D eigenvalue weighted by molar-refractivity contribution is -0.138. The molecule has 1 aliphatic rings. The molecule has 0 heterocycles. The Morgan fingerprint density at radius 1 is 1.56 bits per heavy atom. The molecule has 3 nitrogen and oxygen atoms in total. The van der Waals surface area contributed by atoms with E-state index in [1.165, 1.54) is 18.4 Å². The van der Waals surface area contributed by atoms with Gasteiger partial charge in [-0.25, -0.2) is 0 Å². The summed E-state index contributed by atoms with van der Waals surface area (Å²) in [6, 6.07) is 4.88. The van der Waals surface area contributed by atoms with E-state index in [4.69, 9.17) is 22.4 Å². The van der Waals surface area contributed by atoms with Gasteiger partial charge in [-0.3, -0.25) is 4.79 Å². The monoisotopic (exact) mass is 239 g/mol. The van der Waals surface area contributed by atoms with E-state index in [2.05, 4.69) is 0 Å². The summed E-state index contributed by atoms with van der Waals surface area (Å²) in [4.78, 5) is 10.6. The van der Waals surface area contributed by atoms with Gasteiger partial charge in [-0.2, -0.15) is 0 Å². The molecule has 1 fully saturated rings. The first-order valence-electron chi connectivity index (χ1n) is 5.34. The van der Waals surface area contributed by atoms with Crippen LogP contribution in [0.2, 0.25) is 5.02 Å². The quantitative estimate of drug-likeness (QED) is 0.847. The third-order valence-electron chi connectivity index (χ3n) is 2.85. The highest BCUT2D eigenvalue weighted by molar-refractivity contribution is 6.31. The average Bonchev–Trinajstić information content (AvgIpc) is 3.01. The Kier molecular flexibility index (Phi) is 3.17. The van der Waals surface area contributed by atoms with Crippen LogP contribution in [0.1, 0.15) is 29.9 Å². The van der Waals surface area contributed by atoms with Gasteiger partial charge < -0.3 is 10.8 Å². The van der Waals surface area contributed by atoms with Crippen LogP contribution in [-0.2, 0) is 11.2 Å². The number of halogens is 1. The van der Waals surface area contributed by atoms with Crippen LogP contribution in [0, 0.1) is 0 Å². The number of nitrogens with two attached hydrogens (primary N) is 1. The van der Waals surface area contributed by atoms with Crippen LogP contribution in [-0.4, -0.2) is 17.1 Å². The molecule has 16 heavy (non-hydrogen) atoms. The molecule has 0 amide bonds. The normalized spacial score (nSPS) is 17.1. The van der Waals surface area contributed by atoms with Crippen molar-refractivity contribution in [3.8, 4) is 0 Å². The highest BCUT2D eigenvalue weighted by atomic mass is 35.5. The second kappa shape index (κ2) is 4.44. The molecular formula is C12H14ClNO2. The summed E-state index contributed by atoms with van der Waals surface area (Å²) >= 11 is 6.14. The Labute approximate surface area is 99.2 Å². The van der Waals surface area contributed by atoms with Crippen LogP contribution in [0.4, 0.5) is 0 Å². The van der Waals surface area contributed by atoms with Gasteiger partial charge in [0.25, 0.3) is 0 Å². The van der Waals surface area contributed by atoms with E-state index >= 15 is 0 Å². The first-order valence-corrected chi connectivity index (χ1v) is 5.72. The van der Waals surface area contributed by atoms with E-state index in [9.17, 15) is 4.79 Å². The summed E-state index contributed by atoms with van der Waals surface area (Å²) in [7, 11) is 0. The van der Waals surface area contributed by atoms with Crippen molar-refractivity contribution in [1.82, 2.24) is 0 Å². The molecule has 1 aliphatic carbocycles. The molecular weight excluding hydrogens is 226 g/mol. The molecule has 1 aromatic carbocycles. The van der Waals surface area contributed by atoms with E-state index < -0.39 is 12.0 Å². The maximum atomic E-state index is 10.6. The van der Waals surface area contributed by atoms with Crippen molar-refractivity contribution in [2.24, 2.45) is 5.73 Å². The Hall–Kier alpha value is -1.06. The van der Waals surface area contributed by atoms with Gasteiger partial charge >= 0.3 is 5.97 Å². The van der Waals surface area contributed by atoms with E-state index in [1.54, 1.807) is 0 Å². The average molecular weight is 240 g/mol. The van der Waals surface area contributed by atoms with Crippen LogP contribution in [0.25, 0.3) is 0 Å². The Morgan fingerprint density at radius 2 is 2.25 bits per heavy atom. The molecule has 86 valence electrons. The SMILES string of the molecule is NC(Cc1ccc(C2CC2)c(Cl)c1)C(=O)O. The Balaban J connectivity index is 2.11. The Bertz CT molecular complexity index is 415. The van der Waals surface area contributed by atoms with Crippen molar-refractivity contribution in [3.05, 3.63) is 34.3 Å². The van der Waals surface area contributed by atoms with Gasteiger partial charge in [0.2, 0.25) is 0 Å². The molecule has 4 heteroatoms. The molecule has 3 N–H and O–H groups in total. The molecule has 0 bridgehead atoms. The lowest BCUT2D eigenvalue weighted by atomic mass is 10.0. The second-order valence-corrected chi connectivity index (χ2v) is 4.69. The smallest absolute Gasteiger partial charge is 0.320 e. The van der Waals surface area contributed by atoms with Crippen molar-refractivity contribution in [3.63, 3.8) is 0 Å². The van der Waals surface area contributed by atoms with Gasteiger partial charge in [-0.05, 0) is 42.4 Å². The van der Waals surface area contributed by atoms with E-state index in [0.29, 0.717) is 12.3 Å². The molecule has 0 spiro atoms. The third kappa shape index (κ3) is 2.54. The van der Waals surface area contributed by atoms with Crippen LogP contribution in [0.15, 0.2) is 18.2 Å². The van der Waals surface area contributed by atoms with Crippen molar-refractivity contribution in [1.29, 1.82) is 0 Å². The summed E-state index contributed by atoms with van der Waals surface area (Å²) in [5.74, 6) is -0.378. The van der Waals surface area contributed by atoms with Crippen LogP contribution < -0.4 is 5.73 Å². The standard InChI is InChI=1S/C12H14ClNO2/c13-10-5-7(6-11(14)12(15)16)1-4-9(10)8-2-3-8/h1,4-5,8,11H,2-3,6,14H2,(H,15,16). The first kappa shape index (κ1) is 11.4. The first-order chi connectivity index (χ1) is 7.58. The summed E-state index contributed by atoms with van der Waals surface area (Å²) < 4.78 is 0. The van der Waals surface area contributed by atoms with Crippen molar-refractivity contribution in [2.75, 3.05) is 0 Å². The maximum Gasteiger partial charge on any atom is 0.320 e. The highest BCUT2D eigenvalue weighted by Crippen LogP contribution is 2.43.